The van der Waals surface area contributed by atoms with Gasteiger partial charge in [-0.3, -0.25) is 4.79 Å². The fourth-order valence-corrected chi connectivity index (χ4v) is 2.50. The molecule has 2 aromatic carbocycles. The maximum atomic E-state index is 12.2. The summed E-state index contributed by atoms with van der Waals surface area (Å²) in [7, 11) is 0. The molecule has 0 fully saturated rings. The van der Waals surface area contributed by atoms with E-state index in [-0.39, 0.29) is 11.2 Å². The van der Waals surface area contributed by atoms with Crippen LogP contribution in [0.5, 0.6) is 5.75 Å². The number of fused-ring (bicyclic) bond motifs is 1. The second-order valence-corrected chi connectivity index (χ2v) is 5.17. The quantitative estimate of drug-likeness (QED) is 0.616. The topological polar surface area (TPSA) is 68.3 Å². The zero-order valence-corrected chi connectivity index (χ0v) is 12.0. The SMILES string of the molecule is O=c1cc(-c2ccc(-n3ccnc3)cc2)oc2cc(O)ccc12. The molecule has 2 heterocycles. The Morgan fingerprint density at radius 2 is 1.87 bits per heavy atom. The minimum atomic E-state index is -0.139. The van der Waals surface area contributed by atoms with Crippen LogP contribution in [0.15, 0.2) is 76.5 Å². The third-order valence-corrected chi connectivity index (χ3v) is 3.67. The van der Waals surface area contributed by atoms with Crippen LogP contribution in [-0.2, 0) is 0 Å². The molecule has 4 aromatic rings. The molecule has 0 amide bonds. The first-order valence-corrected chi connectivity index (χ1v) is 7.06. The Labute approximate surface area is 131 Å². The third kappa shape index (κ3) is 2.38. The van der Waals surface area contributed by atoms with Gasteiger partial charge in [-0.15, -0.1) is 0 Å². The molecule has 5 heteroatoms. The Bertz CT molecular complexity index is 1030. The lowest BCUT2D eigenvalue weighted by atomic mass is 10.1. The molecule has 0 saturated heterocycles. The number of aromatic hydroxyl groups is 1. The normalized spacial score (nSPS) is 11.0. The van der Waals surface area contributed by atoms with E-state index >= 15 is 0 Å². The highest BCUT2D eigenvalue weighted by Crippen LogP contribution is 2.25. The molecule has 0 aliphatic rings. The molecule has 2 aromatic heterocycles. The van der Waals surface area contributed by atoms with Crippen LogP contribution < -0.4 is 5.43 Å². The van der Waals surface area contributed by atoms with Gasteiger partial charge in [0.15, 0.2) is 5.43 Å². The van der Waals surface area contributed by atoms with Crippen molar-refractivity contribution in [2.24, 2.45) is 0 Å². The minimum Gasteiger partial charge on any atom is -0.508 e. The lowest BCUT2D eigenvalue weighted by Crippen LogP contribution is -2.00. The number of phenols is 1. The predicted molar refractivity (Wildman–Crippen MR) is 86.7 cm³/mol. The van der Waals surface area contributed by atoms with Crippen LogP contribution in [0.25, 0.3) is 28.0 Å². The van der Waals surface area contributed by atoms with Crippen molar-refractivity contribution in [1.82, 2.24) is 9.55 Å². The summed E-state index contributed by atoms with van der Waals surface area (Å²) in [6, 6.07) is 13.5. The average Bonchev–Trinajstić information content (AvgIpc) is 3.09. The average molecular weight is 304 g/mol. The monoisotopic (exact) mass is 304 g/mol. The number of imidazole rings is 1. The highest BCUT2D eigenvalue weighted by Gasteiger charge is 2.08. The van der Waals surface area contributed by atoms with Gasteiger partial charge in [-0.25, -0.2) is 4.98 Å². The smallest absolute Gasteiger partial charge is 0.193 e. The summed E-state index contributed by atoms with van der Waals surface area (Å²) in [5, 5.41) is 10.00. The van der Waals surface area contributed by atoms with E-state index in [2.05, 4.69) is 4.98 Å². The Hall–Kier alpha value is -3.34. The summed E-state index contributed by atoms with van der Waals surface area (Å²) in [5.41, 5.74) is 1.98. The second-order valence-electron chi connectivity index (χ2n) is 5.17. The summed E-state index contributed by atoms with van der Waals surface area (Å²) in [4.78, 5) is 16.2. The van der Waals surface area contributed by atoms with Gasteiger partial charge in [0.2, 0.25) is 0 Å². The molecule has 4 rings (SSSR count). The van der Waals surface area contributed by atoms with Crippen LogP contribution in [0.1, 0.15) is 0 Å². The van der Waals surface area contributed by atoms with Gasteiger partial charge >= 0.3 is 0 Å². The summed E-state index contributed by atoms with van der Waals surface area (Å²) in [6.45, 7) is 0. The van der Waals surface area contributed by atoms with Gasteiger partial charge in [-0.05, 0) is 36.4 Å². The van der Waals surface area contributed by atoms with E-state index in [0.717, 1.165) is 11.3 Å². The van der Waals surface area contributed by atoms with Crippen molar-refractivity contribution in [2.75, 3.05) is 0 Å². The van der Waals surface area contributed by atoms with E-state index in [1.54, 1.807) is 18.6 Å². The van der Waals surface area contributed by atoms with Crippen LogP contribution in [0.4, 0.5) is 0 Å². The molecule has 0 aliphatic carbocycles. The molecule has 1 N–H and O–H groups in total. The van der Waals surface area contributed by atoms with Gasteiger partial charge < -0.3 is 14.1 Å². The Balaban J connectivity index is 1.81. The van der Waals surface area contributed by atoms with E-state index in [1.807, 2.05) is 35.0 Å². The molecular formula is C18H12N2O3. The van der Waals surface area contributed by atoms with Crippen LogP contribution in [0, 0.1) is 0 Å². The van der Waals surface area contributed by atoms with E-state index in [1.165, 1.54) is 18.2 Å². The van der Waals surface area contributed by atoms with Gasteiger partial charge in [0.25, 0.3) is 0 Å². The molecule has 0 saturated carbocycles. The number of hydrogen-bond donors (Lipinski definition) is 1. The molecule has 0 radical (unpaired) electrons. The summed E-state index contributed by atoms with van der Waals surface area (Å²) in [6.07, 6.45) is 5.28. The van der Waals surface area contributed by atoms with Gasteiger partial charge in [-0.2, -0.15) is 0 Å². The van der Waals surface area contributed by atoms with Gasteiger partial charge in [-0.1, -0.05) is 0 Å². The lowest BCUT2D eigenvalue weighted by Gasteiger charge is -2.06. The van der Waals surface area contributed by atoms with E-state index in [0.29, 0.717) is 16.7 Å². The summed E-state index contributed by atoms with van der Waals surface area (Å²) < 4.78 is 7.65. The number of aromatic nitrogens is 2. The van der Waals surface area contributed by atoms with Gasteiger partial charge in [0, 0.05) is 35.8 Å². The van der Waals surface area contributed by atoms with Crippen LogP contribution >= 0.6 is 0 Å². The summed E-state index contributed by atoms with van der Waals surface area (Å²) in [5.74, 6) is 0.526. The molecular weight excluding hydrogens is 292 g/mol. The second kappa shape index (κ2) is 5.14. The first-order chi connectivity index (χ1) is 11.2. The number of benzene rings is 2. The minimum absolute atomic E-state index is 0.0632. The van der Waals surface area contributed by atoms with E-state index in [9.17, 15) is 9.90 Å². The van der Waals surface area contributed by atoms with Crippen molar-refractivity contribution in [3.05, 3.63) is 77.5 Å². The largest absolute Gasteiger partial charge is 0.508 e. The molecule has 0 unspecified atom stereocenters. The fraction of sp³-hybridized carbons (Fsp3) is 0. The van der Waals surface area contributed by atoms with Gasteiger partial charge in [0.1, 0.15) is 17.1 Å². The number of rotatable bonds is 2. The maximum Gasteiger partial charge on any atom is 0.193 e. The zero-order valence-electron chi connectivity index (χ0n) is 12.0. The molecule has 0 aliphatic heterocycles. The molecule has 112 valence electrons. The Morgan fingerprint density at radius 1 is 1.04 bits per heavy atom. The molecule has 0 bridgehead atoms. The van der Waals surface area contributed by atoms with Crippen molar-refractivity contribution >= 4 is 11.0 Å². The molecule has 0 spiro atoms. The number of nitrogens with zero attached hydrogens (tertiary/aromatic N) is 2. The molecule has 23 heavy (non-hydrogen) atoms. The number of hydrogen-bond acceptors (Lipinski definition) is 4. The number of phenolic OH excluding ortho intramolecular Hbond substituents is 1. The van der Waals surface area contributed by atoms with Crippen molar-refractivity contribution in [1.29, 1.82) is 0 Å². The van der Waals surface area contributed by atoms with Crippen LogP contribution in [0.2, 0.25) is 0 Å². The van der Waals surface area contributed by atoms with Crippen molar-refractivity contribution < 1.29 is 9.52 Å². The highest BCUT2D eigenvalue weighted by atomic mass is 16.3. The third-order valence-electron chi connectivity index (χ3n) is 3.67. The standard InChI is InChI=1S/C18H12N2O3/c21-14-5-6-15-16(22)10-17(23-18(15)9-14)12-1-3-13(4-2-12)20-8-7-19-11-20/h1-11,21H. The van der Waals surface area contributed by atoms with Crippen LogP contribution in [-0.4, -0.2) is 14.7 Å². The molecule has 5 nitrogen and oxygen atoms in total. The fourth-order valence-electron chi connectivity index (χ4n) is 2.50. The van der Waals surface area contributed by atoms with Crippen molar-refractivity contribution in [3.63, 3.8) is 0 Å². The van der Waals surface area contributed by atoms with Gasteiger partial charge in [0.05, 0.1) is 11.7 Å². The first-order valence-electron chi connectivity index (χ1n) is 7.06. The van der Waals surface area contributed by atoms with Crippen molar-refractivity contribution in [2.45, 2.75) is 0 Å². The maximum absolute atomic E-state index is 12.2. The Kier molecular flexibility index (Phi) is 2.98. The Morgan fingerprint density at radius 3 is 2.61 bits per heavy atom. The van der Waals surface area contributed by atoms with Crippen molar-refractivity contribution in [3.8, 4) is 22.8 Å². The highest BCUT2D eigenvalue weighted by molar-refractivity contribution is 5.80. The molecule has 0 atom stereocenters. The van der Waals surface area contributed by atoms with E-state index in [4.69, 9.17) is 4.42 Å². The lowest BCUT2D eigenvalue weighted by molar-refractivity contribution is 0.474. The van der Waals surface area contributed by atoms with Crippen LogP contribution in [0.3, 0.4) is 0 Å². The summed E-state index contributed by atoms with van der Waals surface area (Å²) >= 11 is 0. The predicted octanol–water partition coefficient (Wildman–Crippen LogP) is 3.35. The zero-order chi connectivity index (χ0) is 15.8. The first kappa shape index (κ1) is 13.3. The van der Waals surface area contributed by atoms with E-state index < -0.39 is 0 Å².